The van der Waals surface area contributed by atoms with E-state index in [1.54, 1.807) is 0 Å². The van der Waals surface area contributed by atoms with Crippen LogP contribution in [-0.4, -0.2) is 23.6 Å². The first-order chi connectivity index (χ1) is 13.2. The van der Waals surface area contributed by atoms with Crippen molar-refractivity contribution in [2.75, 3.05) is 0 Å². The Kier molecular flexibility index (Phi) is 5.05. The van der Waals surface area contributed by atoms with Crippen molar-refractivity contribution >= 4 is 48.3 Å². The van der Waals surface area contributed by atoms with Crippen LogP contribution in [0.5, 0.6) is 0 Å². The Morgan fingerprint density at radius 2 is 1.41 bits per heavy atom. The predicted molar refractivity (Wildman–Crippen MR) is 112 cm³/mol. The summed E-state index contributed by atoms with van der Waals surface area (Å²) in [5.41, 5.74) is 1.92. The second-order valence-electron chi connectivity index (χ2n) is 6.34. The normalized spacial score (nSPS) is 11.4. The molecule has 4 aromatic rings. The quantitative estimate of drug-likeness (QED) is 0.485. The molecule has 5 heteroatoms. The fraction of sp³-hybridized carbons (Fsp3) is 0.0455. The van der Waals surface area contributed by atoms with Gasteiger partial charge in [0.1, 0.15) is 0 Å². The summed E-state index contributed by atoms with van der Waals surface area (Å²) < 4.78 is 7.83. The molecule has 0 saturated heterocycles. The molecule has 3 nitrogen and oxygen atoms in total. The molecular formula is C22H18ClGeNO2. The van der Waals surface area contributed by atoms with Crippen molar-refractivity contribution in [1.82, 2.24) is 4.98 Å². The Bertz CT molecular complexity index is 1020. The molecule has 0 unspecified atom stereocenters. The molecule has 1 heterocycles. The number of halogens is 1. The number of aromatic amines is 1. The zero-order valence-corrected chi connectivity index (χ0v) is 17.4. The van der Waals surface area contributed by atoms with Crippen molar-refractivity contribution in [3.05, 3.63) is 96.7 Å². The number of hydrogen-bond donors (Lipinski definition) is 1. The number of hydrogen-bond acceptors (Lipinski definition) is 2. The number of rotatable bonds is 5. The second-order valence-corrected chi connectivity index (χ2v) is 14.5. The van der Waals surface area contributed by atoms with Crippen LogP contribution in [0.15, 0.2) is 91.1 Å². The van der Waals surface area contributed by atoms with Gasteiger partial charge in [0.25, 0.3) is 0 Å². The molecular weight excluding hydrogens is 418 g/mol. The Morgan fingerprint density at radius 1 is 0.852 bits per heavy atom. The van der Waals surface area contributed by atoms with E-state index in [2.05, 4.69) is 4.98 Å². The standard InChI is InChI=1S/C22H18ClGeNO2/c23-24(18-9-3-1-4-10-18,19-11-5-2-6-12-19)27-22(26)15-17-16-25-21-14-8-7-13-20(17)21/h1-14,16,25H,15H2. The summed E-state index contributed by atoms with van der Waals surface area (Å²) in [5.74, 6) is -0.303. The first-order valence-electron chi connectivity index (χ1n) is 8.73. The van der Waals surface area contributed by atoms with E-state index < -0.39 is 12.7 Å². The molecule has 0 aliphatic rings. The molecule has 0 spiro atoms. The molecule has 0 saturated carbocycles. The van der Waals surface area contributed by atoms with E-state index in [-0.39, 0.29) is 12.4 Å². The third kappa shape index (κ3) is 3.66. The van der Waals surface area contributed by atoms with Crippen LogP contribution in [0.4, 0.5) is 0 Å². The zero-order valence-electron chi connectivity index (χ0n) is 14.6. The number of fused-ring (bicyclic) bond motifs is 1. The van der Waals surface area contributed by atoms with E-state index in [9.17, 15) is 4.79 Å². The average Bonchev–Trinajstić information content (AvgIpc) is 3.12. The van der Waals surface area contributed by atoms with E-state index in [4.69, 9.17) is 13.8 Å². The van der Waals surface area contributed by atoms with Crippen molar-refractivity contribution in [3.63, 3.8) is 0 Å². The van der Waals surface area contributed by atoms with Crippen LogP contribution in [0, 0.1) is 0 Å². The molecule has 1 aromatic heterocycles. The Morgan fingerprint density at radius 3 is 2.04 bits per heavy atom. The molecule has 0 aliphatic carbocycles. The maximum atomic E-state index is 12.8. The summed E-state index contributed by atoms with van der Waals surface area (Å²) in [6.07, 6.45) is 2.04. The molecule has 4 rings (SSSR count). The molecule has 0 radical (unpaired) electrons. The van der Waals surface area contributed by atoms with Crippen molar-refractivity contribution in [2.24, 2.45) is 0 Å². The molecule has 0 bridgehead atoms. The number of carbonyl (C=O) groups excluding carboxylic acids is 1. The van der Waals surface area contributed by atoms with Gasteiger partial charge in [-0.05, 0) is 0 Å². The average molecular weight is 436 g/mol. The number of aromatic nitrogens is 1. The summed E-state index contributed by atoms with van der Waals surface area (Å²) in [6.45, 7) is 0. The van der Waals surface area contributed by atoms with Crippen molar-refractivity contribution in [2.45, 2.75) is 6.42 Å². The number of benzene rings is 3. The number of carbonyl (C=O) groups is 1. The molecule has 134 valence electrons. The van der Waals surface area contributed by atoms with Gasteiger partial charge in [0, 0.05) is 0 Å². The van der Waals surface area contributed by atoms with Gasteiger partial charge in [-0.1, -0.05) is 0 Å². The first-order valence-corrected chi connectivity index (χ1v) is 14.4. The first kappa shape index (κ1) is 17.9. The third-order valence-electron chi connectivity index (χ3n) is 4.55. The number of para-hydroxylation sites is 1. The topological polar surface area (TPSA) is 42.1 Å². The van der Waals surface area contributed by atoms with Gasteiger partial charge in [0.05, 0.1) is 0 Å². The van der Waals surface area contributed by atoms with Gasteiger partial charge in [0.2, 0.25) is 0 Å². The summed E-state index contributed by atoms with van der Waals surface area (Å²) >= 11 is -3.78. The predicted octanol–water partition coefficient (Wildman–Crippen LogP) is 3.75. The van der Waals surface area contributed by atoms with Crippen molar-refractivity contribution in [3.8, 4) is 0 Å². The third-order valence-corrected chi connectivity index (χ3v) is 12.8. The van der Waals surface area contributed by atoms with Gasteiger partial charge in [-0.15, -0.1) is 0 Å². The van der Waals surface area contributed by atoms with Gasteiger partial charge in [-0.3, -0.25) is 0 Å². The SMILES string of the molecule is O=C(Cc1c[nH]c2ccccc12)[O][Ge]([Cl])([c]1ccccc1)[c]1ccccc1. The van der Waals surface area contributed by atoms with Crippen LogP contribution >= 0.6 is 10.0 Å². The Balaban J connectivity index is 1.65. The van der Waals surface area contributed by atoms with Crippen LogP contribution in [0.1, 0.15) is 5.56 Å². The van der Waals surface area contributed by atoms with Crippen molar-refractivity contribution in [1.29, 1.82) is 0 Å². The second kappa shape index (κ2) is 7.63. The molecule has 0 aliphatic heterocycles. The van der Waals surface area contributed by atoms with Crippen LogP contribution in [0.25, 0.3) is 10.9 Å². The molecule has 0 amide bonds. The molecule has 27 heavy (non-hydrogen) atoms. The van der Waals surface area contributed by atoms with Gasteiger partial charge in [-0.2, -0.15) is 0 Å². The summed E-state index contributed by atoms with van der Waals surface area (Å²) in [7, 11) is 7.08. The van der Waals surface area contributed by atoms with E-state index in [1.807, 2.05) is 91.1 Å². The summed E-state index contributed by atoms with van der Waals surface area (Å²) in [4.78, 5) is 16.0. The van der Waals surface area contributed by atoms with Crippen LogP contribution < -0.4 is 8.79 Å². The summed E-state index contributed by atoms with van der Waals surface area (Å²) in [5, 5.41) is 1.03. The Labute approximate surface area is 164 Å². The molecule has 0 fully saturated rings. The fourth-order valence-electron chi connectivity index (χ4n) is 3.22. The molecule has 3 aromatic carbocycles. The van der Waals surface area contributed by atoms with Gasteiger partial charge >= 0.3 is 165 Å². The number of nitrogens with one attached hydrogen (secondary N) is 1. The fourth-order valence-corrected chi connectivity index (χ4v) is 9.58. The van der Waals surface area contributed by atoms with Crippen LogP contribution in [-0.2, 0) is 15.0 Å². The molecule has 0 atom stereocenters. The van der Waals surface area contributed by atoms with Crippen LogP contribution in [0.2, 0.25) is 0 Å². The summed E-state index contributed by atoms with van der Waals surface area (Å²) in [6, 6.07) is 27.2. The van der Waals surface area contributed by atoms with Crippen molar-refractivity contribution < 1.29 is 8.56 Å². The van der Waals surface area contributed by atoms with E-state index in [0.717, 1.165) is 25.3 Å². The van der Waals surface area contributed by atoms with E-state index >= 15 is 0 Å². The zero-order chi connectivity index (χ0) is 18.7. The minimum absolute atomic E-state index is 0.184. The number of H-pyrrole nitrogens is 1. The van der Waals surface area contributed by atoms with Crippen LogP contribution in [0.3, 0.4) is 0 Å². The van der Waals surface area contributed by atoms with E-state index in [1.165, 1.54) is 0 Å². The van der Waals surface area contributed by atoms with Gasteiger partial charge < -0.3 is 0 Å². The molecule has 1 N–H and O–H groups in total. The Hall–Kier alpha value is -2.50. The minimum atomic E-state index is -3.78. The van der Waals surface area contributed by atoms with Gasteiger partial charge in [-0.25, -0.2) is 0 Å². The van der Waals surface area contributed by atoms with E-state index in [0.29, 0.717) is 0 Å². The van der Waals surface area contributed by atoms with Gasteiger partial charge in [0.15, 0.2) is 0 Å². The monoisotopic (exact) mass is 437 g/mol. The maximum absolute atomic E-state index is 12.8.